The van der Waals surface area contributed by atoms with Crippen LogP contribution in [0, 0.1) is 0 Å². The average molecular weight is 310 g/mol. The fraction of sp³-hybridized carbons (Fsp3) is 0.200. The zero-order chi connectivity index (χ0) is 12.4. The van der Waals surface area contributed by atoms with Crippen molar-refractivity contribution in [1.29, 1.82) is 0 Å². The molecule has 0 fully saturated rings. The van der Waals surface area contributed by atoms with Gasteiger partial charge in [0, 0.05) is 15.1 Å². The van der Waals surface area contributed by atoms with E-state index in [0.717, 1.165) is 20.6 Å². The molecule has 17 heavy (non-hydrogen) atoms. The fourth-order valence-corrected chi connectivity index (χ4v) is 2.82. The van der Waals surface area contributed by atoms with Crippen LogP contribution in [0.25, 0.3) is 11.1 Å². The van der Waals surface area contributed by atoms with Gasteiger partial charge < -0.3 is 0 Å². The van der Waals surface area contributed by atoms with Crippen LogP contribution >= 0.6 is 27.5 Å². The molecular formula is C15H14BrCl. The lowest BCUT2D eigenvalue weighted by atomic mass is 9.97. The lowest BCUT2D eigenvalue weighted by Crippen LogP contribution is -1.89. The van der Waals surface area contributed by atoms with Crippen molar-refractivity contribution >= 4 is 27.5 Å². The smallest absolute Gasteiger partial charge is 0.0495 e. The van der Waals surface area contributed by atoms with Crippen molar-refractivity contribution in [3.8, 4) is 11.1 Å². The van der Waals surface area contributed by atoms with Crippen LogP contribution in [-0.2, 0) is 0 Å². The van der Waals surface area contributed by atoms with Crippen molar-refractivity contribution in [3.63, 3.8) is 0 Å². The first-order chi connectivity index (χ1) is 8.09. The Balaban J connectivity index is 2.57. The molecule has 0 aliphatic carbocycles. The Morgan fingerprint density at radius 1 is 1.06 bits per heavy atom. The normalized spacial score (nSPS) is 10.9. The van der Waals surface area contributed by atoms with Crippen LogP contribution in [0.3, 0.4) is 0 Å². The fourth-order valence-electron chi connectivity index (χ4n) is 1.83. The molecule has 0 amide bonds. The van der Waals surface area contributed by atoms with E-state index in [9.17, 15) is 0 Å². The predicted octanol–water partition coefficient (Wildman–Crippen LogP) is 5.89. The van der Waals surface area contributed by atoms with Crippen LogP contribution in [0.4, 0.5) is 0 Å². The van der Waals surface area contributed by atoms with E-state index in [1.54, 1.807) is 0 Å². The molecule has 2 aromatic rings. The highest BCUT2D eigenvalue weighted by atomic mass is 79.9. The molecule has 88 valence electrons. The molecule has 2 heteroatoms. The first kappa shape index (κ1) is 12.7. The lowest BCUT2D eigenvalue weighted by molar-refractivity contribution is 0.867. The highest BCUT2D eigenvalue weighted by Crippen LogP contribution is 2.35. The third-order valence-corrected chi connectivity index (χ3v) is 3.78. The molecule has 0 atom stereocenters. The average Bonchev–Trinajstić information content (AvgIpc) is 2.29. The molecule has 0 bridgehead atoms. The molecule has 0 saturated heterocycles. The zero-order valence-electron chi connectivity index (χ0n) is 9.87. The minimum absolute atomic E-state index is 0.524. The van der Waals surface area contributed by atoms with Crippen molar-refractivity contribution < 1.29 is 0 Å². The van der Waals surface area contributed by atoms with Gasteiger partial charge in [0.2, 0.25) is 0 Å². The number of hydrogen-bond donors (Lipinski definition) is 0. The summed E-state index contributed by atoms with van der Waals surface area (Å²) < 4.78 is 1.03. The molecule has 2 rings (SSSR count). The van der Waals surface area contributed by atoms with Crippen LogP contribution < -0.4 is 0 Å². The molecule has 0 unspecified atom stereocenters. The summed E-state index contributed by atoms with van der Waals surface area (Å²) in [5.41, 5.74) is 3.56. The predicted molar refractivity (Wildman–Crippen MR) is 78.7 cm³/mol. The van der Waals surface area contributed by atoms with Crippen molar-refractivity contribution in [3.05, 3.63) is 57.5 Å². The summed E-state index contributed by atoms with van der Waals surface area (Å²) in [5, 5.41) is 0.778. The van der Waals surface area contributed by atoms with Gasteiger partial charge in [0.15, 0.2) is 0 Å². The molecule has 0 aliphatic heterocycles. The van der Waals surface area contributed by atoms with E-state index in [2.05, 4.69) is 54.0 Å². The minimum atomic E-state index is 0.524. The standard InChI is InChI=1S/C15H14BrCl/c1-10(2)11-5-3-6-12(9-11)15-13(16)7-4-8-14(15)17/h3-10H,1-2H3. The van der Waals surface area contributed by atoms with E-state index in [-0.39, 0.29) is 0 Å². The van der Waals surface area contributed by atoms with Gasteiger partial charge in [-0.15, -0.1) is 0 Å². The summed E-state index contributed by atoms with van der Waals surface area (Å²) in [5.74, 6) is 0.524. The number of benzene rings is 2. The highest BCUT2D eigenvalue weighted by molar-refractivity contribution is 9.10. The Kier molecular flexibility index (Phi) is 3.90. The molecule has 0 saturated carbocycles. The molecular weight excluding hydrogens is 296 g/mol. The Bertz CT molecular complexity index is 512. The molecule has 0 nitrogen and oxygen atoms in total. The molecule has 0 heterocycles. The molecule has 0 spiro atoms. The van der Waals surface area contributed by atoms with Crippen molar-refractivity contribution in [2.75, 3.05) is 0 Å². The number of hydrogen-bond acceptors (Lipinski definition) is 0. The SMILES string of the molecule is CC(C)c1cccc(-c2c(Cl)cccc2Br)c1. The summed E-state index contributed by atoms with van der Waals surface area (Å²) in [4.78, 5) is 0. The van der Waals surface area contributed by atoms with Crippen molar-refractivity contribution in [1.82, 2.24) is 0 Å². The number of rotatable bonds is 2. The van der Waals surface area contributed by atoms with Crippen molar-refractivity contribution in [2.45, 2.75) is 19.8 Å². The lowest BCUT2D eigenvalue weighted by Gasteiger charge is -2.11. The highest BCUT2D eigenvalue weighted by Gasteiger charge is 2.09. The molecule has 0 aromatic heterocycles. The van der Waals surface area contributed by atoms with E-state index in [0.29, 0.717) is 5.92 Å². The Morgan fingerprint density at radius 2 is 1.76 bits per heavy atom. The molecule has 0 N–H and O–H groups in total. The Hall–Kier alpha value is -0.790. The maximum Gasteiger partial charge on any atom is 0.0495 e. The second-order valence-electron chi connectivity index (χ2n) is 4.38. The summed E-state index contributed by atoms with van der Waals surface area (Å²) in [6.45, 7) is 4.39. The van der Waals surface area contributed by atoms with Crippen LogP contribution in [0.15, 0.2) is 46.9 Å². The maximum absolute atomic E-state index is 6.27. The Labute approximate surface area is 116 Å². The van der Waals surface area contributed by atoms with Gasteiger partial charge in [0.1, 0.15) is 0 Å². The summed E-state index contributed by atoms with van der Waals surface area (Å²) in [6, 6.07) is 14.4. The van der Waals surface area contributed by atoms with E-state index in [1.807, 2.05) is 18.2 Å². The second-order valence-corrected chi connectivity index (χ2v) is 5.64. The second kappa shape index (κ2) is 5.24. The van der Waals surface area contributed by atoms with Crippen LogP contribution in [-0.4, -0.2) is 0 Å². The summed E-state index contributed by atoms with van der Waals surface area (Å²) >= 11 is 9.83. The van der Waals surface area contributed by atoms with Gasteiger partial charge in [-0.25, -0.2) is 0 Å². The van der Waals surface area contributed by atoms with Crippen LogP contribution in [0.1, 0.15) is 25.3 Å². The first-order valence-electron chi connectivity index (χ1n) is 5.64. The Morgan fingerprint density at radius 3 is 2.41 bits per heavy atom. The van der Waals surface area contributed by atoms with Gasteiger partial charge in [-0.05, 0) is 29.2 Å². The van der Waals surface area contributed by atoms with Gasteiger partial charge in [-0.1, -0.05) is 71.7 Å². The first-order valence-corrected chi connectivity index (χ1v) is 6.81. The summed E-state index contributed by atoms with van der Waals surface area (Å²) in [6.07, 6.45) is 0. The van der Waals surface area contributed by atoms with Gasteiger partial charge in [0.25, 0.3) is 0 Å². The van der Waals surface area contributed by atoms with Gasteiger partial charge >= 0.3 is 0 Å². The van der Waals surface area contributed by atoms with Crippen LogP contribution in [0.5, 0.6) is 0 Å². The van der Waals surface area contributed by atoms with E-state index < -0.39 is 0 Å². The zero-order valence-corrected chi connectivity index (χ0v) is 12.2. The monoisotopic (exact) mass is 308 g/mol. The van der Waals surface area contributed by atoms with E-state index in [1.165, 1.54) is 5.56 Å². The van der Waals surface area contributed by atoms with E-state index >= 15 is 0 Å². The minimum Gasteiger partial charge on any atom is -0.0836 e. The van der Waals surface area contributed by atoms with Gasteiger partial charge in [0.05, 0.1) is 0 Å². The molecule has 0 radical (unpaired) electrons. The number of halogens is 2. The van der Waals surface area contributed by atoms with Crippen LogP contribution in [0.2, 0.25) is 5.02 Å². The van der Waals surface area contributed by atoms with Gasteiger partial charge in [-0.2, -0.15) is 0 Å². The third kappa shape index (κ3) is 2.72. The third-order valence-electron chi connectivity index (χ3n) is 2.80. The quantitative estimate of drug-likeness (QED) is 0.648. The maximum atomic E-state index is 6.27. The van der Waals surface area contributed by atoms with E-state index in [4.69, 9.17) is 11.6 Å². The summed E-state index contributed by atoms with van der Waals surface area (Å²) in [7, 11) is 0. The topological polar surface area (TPSA) is 0 Å². The molecule has 0 aliphatic rings. The largest absolute Gasteiger partial charge is 0.0836 e. The van der Waals surface area contributed by atoms with Gasteiger partial charge in [-0.3, -0.25) is 0 Å². The molecule has 2 aromatic carbocycles. The van der Waals surface area contributed by atoms with Crippen molar-refractivity contribution in [2.24, 2.45) is 0 Å².